The van der Waals surface area contributed by atoms with Gasteiger partial charge in [-0.1, -0.05) is 18.6 Å². The van der Waals surface area contributed by atoms with Gasteiger partial charge in [0.2, 0.25) is 5.91 Å². The highest BCUT2D eigenvalue weighted by atomic mass is 16.5. The van der Waals surface area contributed by atoms with E-state index in [1.807, 2.05) is 36.2 Å². The zero-order chi connectivity index (χ0) is 14.7. The van der Waals surface area contributed by atoms with Gasteiger partial charge in [-0.15, -0.1) is 0 Å². The van der Waals surface area contributed by atoms with Crippen LogP contribution in [0.1, 0.15) is 32.1 Å². The van der Waals surface area contributed by atoms with Crippen LogP contribution in [0.2, 0.25) is 0 Å². The Bertz CT molecular complexity index is 503. The maximum Gasteiger partial charge on any atom is 0.230 e. The summed E-state index contributed by atoms with van der Waals surface area (Å²) in [5.74, 6) is 1.69. The Balaban J connectivity index is 1.72. The van der Waals surface area contributed by atoms with E-state index in [2.05, 4.69) is 5.32 Å². The molecule has 1 aromatic rings. The van der Waals surface area contributed by atoms with Crippen LogP contribution in [-0.4, -0.2) is 32.1 Å². The topological polar surface area (TPSA) is 41.6 Å². The average Bonchev–Trinajstić information content (AvgIpc) is 2.90. The molecule has 114 valence electrons. The molecule has 1 heterocycles. The molecule has 1 aliphatic heterocycles. The van der Waals surface area contributed by atoms with Crippen LogP contribution in [0.4, 0.5) is 5.69 Å². The Morgan fingerprint density at radius 3 is 3.05 bits per heavy atom. The fraction of sp³-hybridized carbons (Fsp3) is 0.588. The summed E-state index contributed by atoms with van der Waals surface area (Å²) in [7, 11) is 2.04. The van der Waals surface area contributed by atoms with Crippen LogP contribution in [0.15, 0.2) is 24.3 Å². The molecule has 0 aromatic heterocycles. The molecule has 4 heteroatoms. The van der Waals surface area contributed by atoms with Crippen LogP contribution in [0.25, 0.3) is 0 Å². The highest BCUT2D eigenvalue weighted by Gasteiger charge is 2.28. The summed E-state index contributed by atoms with van der Waals surface area (Å²) in [5, 5.41) is 3.42. The smallest absolute Gasteiger partial charge is 0.230 e. The molecule has 2 unspecified atom stereocenters. The number of carbonyl (C=O) groups is 1. The van der Waals surface area contributed by atoms with Gasteiger partial charge < -0.3 is 15.0 Å². The minimum atomic E-state index is 0.180. The van der Waals surface area contributed by atoms with Crippen LogP contribution in [0, 0.1) is 5.92 Å². The highest BCUT2D eigenvalue weighted by Crippen LogP contribution is 2.33. The number of ether oxygens (including phenoxy) is 1. The first kappa shape index (κ1) is 14.4. The van der Waals surface area contributed by atoms with Crippen molar-refractivity contribution >= 4 is 11.6 Å². The lowest BCUT2D eigenvalue weighted by Gasteiger charge is -2.25. The summed E-state index contributed by atoms with van der Waals surface area (Å²) >= 11 is 0. The lowest BCUT2D eigenvalue weighted by Crippen LogP contribution is -2.35. The number of amides is 1. The number of nitrogens with zero attached hydrogens (tertiary/aromatic N) is 1. The number of benzene rings is 1. The fourth-order valence-corrected chi connectivity index (χ4v) is 3.62. The molecule has 1 saturated carbocycles. The van der Waals surface area contributed by atoms with Crippen LogP contribution in [0.5, 0.6) is 5.75 Å². The number of para-hydroxylation sites is 2. The van der Waals surface area contributed by atoms with Crippen molar-refractivity contribution in [3.05, 3.63) is 24.3 Å². The van der Waals surface area contributed by atoms with Crippen molar-refractivity contribution in [1.29, 1.82) is 0 Å². The van der Waals surface area contributed by atoms with Crippen molar-refractivity contribution in [1.82, 2.24) is 5.32 Å². The maximum atomic E-state index is 12.4. The van der Waals surface area contributed by atoms with Gasteiger partial charge in [0.1, 0.15) is 5.75 Å². The number of hydrogen-bond donors (Lipinski definition) is 1. The summed E-state index contributed by atoms with van der Waals surface area (Å²) in [4.78, 5) is 14.3. The third kappa shape index (κ3) is 3.05. The minimum Gasteiger partial charge on any atom is -0.491 e. The summed E-state index contributed by atoms with van der Waals surface area (Å²) in [6.07, 6.45) is 5.35. The van der Waals surface area contributed by atoms with Gasteiger partial charge in [0.25, 0.3) is 0 Å². The average molecular weight is 288 g/mol. The molecule has 1 aliphatic carbocycles. The van der Waals surface area contributed by atoms with Crippen molar-refractivity contribution in [2.45, 2.75) is 38.1 Å². The third-order valence-electron chi connectivity index (χ3n) is 4.78. The Kier molecular flexibility index (Phi) is 4.44. The standard InChI is InChI=1S/C17H24N2O2/c1-18-14-6-4-5-13(14)9-11-19-15-7-2-3-8-16(15)21-12-10-17(19)20/h2-3,7-8,13-14,18H,4-6,9-12H2,1H3. The first-order valence-corrected chi connectivity index (χ1v) is 7.99. The van der Waals surface area contributed by atoms with Gasteiger partial charge in [-0.3, -0.25) is 4.79 Å². The molecule has 0 saturated heterocycles. The van der Waals surface area contributed by atoms with E-state index in [1.165, 1.54) is 19.3 Å². The van der Waals surface area contributed by atoms with Crippen LogP contribution in [-0.2, 0) is 4.79 Å². The molecule has 1 fully saturated rings. The molecular weight excluding hydrogens is 264 g/mol. The predicted octanol–water partition coefficient (Wildman–Crippen LogP) is 2.58. The highest BCUT2D eigenvalue weighted by molar-refractivity contribution is 5.95. The molecule has 4 nitrogen and oxygen atoms in total. The van der Waals surface area contributed by atoms with Gasteiger partial charge in [-0.25, -0.2) is 0 Å². The predicted molar refractivity (Wildman–Crippen MR) is 83.7 cm³/mol. The normalized spacial score (nSPS) is 25.4. The molecule has 1 N–H and O–H groups in total. The van der Waals surface area contributed by atoms with Crippen LogP contribution >= 0.6 is 0 Å². The number of carbonyl (C=O) groups excluding carboxylic acids is 1. The molecule has 1 amide bonds. The van der Waals surface area contributed by atoms with E-state index in [4.69, 9.17) is 4.74 Å². The van der Waals surface area contributed by atoms with Gasteiger partial charge >= 0.3 is 0 Å². The summed E-state index contributed by atoms with van der Waals surface area (Å²) < 4.78 is 5.69. The van der Waals surface area contributed by atoms with E-state index in [9.17, 15) is 4.79 Å². The molecule has 0 spiro atoms. The molecule has 0 radical (unpaired) electrons. The summed E-state index contributed by atoms with van der Waals surface area (Å²) in [6.45, 7) is 1.27. The molecule has 21 heavy (non-hydrogen) atoms. The summed E-state index contributed by atoms with van der Waals surface area (Å²) in [6, 6.07) is 8.48. The number of rotatable bonds is 4. The molecule has 3 rings (SSSR count). The van der Waals surface area contributed by atoms with E-state index in [0.717, 1.165) is 24.4 Å². The van der Waals surface area contributed by atoms with E-state index in [1.54, 1.807) is 0 Å². The summed E-state index contributed by atoms with van der Waals surface area (Å²) in [5.41, 5.74) is 0.930. The first-order chi connectivity index (χ1) is 10.3. The lowest BCUT2D eigenvalue weighted by atomic mass is 9.99. The van der Waals surface area contributed by atoms with Gasteiger partial charge in [-0.2, -0.15) is 0 Å². The third-order valence-corrected chi connectivity index (χ3v) is 4.78. The van der Waals surface area contributed by atoms with E-state index < -0.39 is 0 Å². The van der Waals surface area contributed by atoms with Crippen molar-refractivity contribution in [3.63, 3.8) is 0 Å². The van der Waals surface area contributed by atoms with E-state index >= 15 is 0 Å². The number of hydrogen-bond acceptors (Lipinski definition) is 3. The van der Waals surface area contributed by atoms with Crippen LogP contribution in [0.3, 0.4) is 0 Å². The number of nitrogens with one attached hydrogen (secondary N) is 1. The second kappa shape index (κ2) is 6.48. The van der Waals surface area contributed by atoms with Gasteiger partial charge in [0, 0.05) is 12.6 Å². The molecule has 0 bridgehead atoms. The molecule has 1 aromatic carbocycles. The second-order valence-electron chi connectivity index (χ2n) is 5.99. The number of anilines is 1. The first-order valence-electron chi connectivity index (χ1n) is 7.99. The second-order valence-corrected chi connectivity index (χ2v) is 5.99. The Hall–Kier alpha value is -1.55. The quantitative estimate of drug-likeness (QED) is 0.926. The SMILES string of the molecule is CNC1CCCC1CCN1C(=O)CCOc2ccccc21. The van der Waals surface area contributed by atoms with Gasteiger partial charge in [0.05, 0.1) is 18.7 Å². The number of fused-ring (bicyclic) bond motifs is 1. The maximum absolute atomic E-state index is 12.4. The molecular formula is C17H24N2O2. The Morgan fingerprint density at radius 2 is 2.19 bits per heavy atom. The van der Waals surface area contributed by atoms with Crippen molar-refractivity contribution in [3.8, 4) is 5.75 Å². The van der Waals surface area contributed by atoms with E-state index in [0.29, 0.717) is 25.0 Å². The van der Waals surface area contributed by atoms with Crippen molar-refractivity contribution in [2.75, 3.05) is 25.1 Å². The van der Waals surface area contributed by atoms with Crippen molar-refractivity contribution < 1.29 is 9.53 Å². The Labute approximate surface area is 126 Å². The zero-order valence-corrected chi connectivity index (χ0v) is 12.7. The lowest BCUT2D eigenvalue weighted by molar-refractivity contribution is -0.118. The molecule has 2 atom stereocenters. The van der Waals surface area contributed by atoms with E-state index in [-0.39, 0.29) is 5.91 Å². The Morgan fingerprint density at radius 1 is 1.33 bits per heavy atom. The monoisotopic (exact) mass is 288 g/mol. The molecule has 2 aliphatic rings. The zero-order valence-electron chi connectivity index (χ0n) is 12.7. The van der Waals surface area contributed by atoms with Gasteiger partial charge in [-0.05, 0) is 44.4 Å². The minimum absolute atomic E-state index is 0.180. The fourth-order valence-electron chi connectivity index (χ4n) is 3.62. The van der Waals surface area contributed by atoms with Crippen molar-refractivity contribution in [2.24, 2.45) is 5.92 Å². The van der Waals surface area contributed by atoms with Gasteiger partial charge in [0.15, 0.2) is 0 Å². The van der Waals surface area contributed by atoms with Crippen LogP contribution < -0.4 is 15.0 Å². The largest absolute Gasteiger partial charge is 0.491 e.